The van der Waals surface area contributed by atoms with Crippen molar-refractivity contribution in [2.45, 2.75) is 31.0 Å². The number of nitrogens with one attached hydrogen (secondary N) is 2. The Balaban J connectivity index is 1.43. The van der Waals surface area contributed by atoms with Gasteiger partial charge in [-0.15, -0.1) is 11.3 Å². The number of rotatable bonds is 2. The molecule has 2 fully saturated rings. The van der Waals surface area contributed by atoms with Crippen molar-refractivity contribution in [3.05, 3.63) is 34.2 Å². The third-order valence-corrected chi connectivity index (χ3v) is 6.88. The van der Waals surface area contributed by atoms with Crippen molar-refractivity contribution >= 4 is 33.2 Å². The van der Waals surface area contributed by atoms with Crippen molar-refractivity contribution in [3.63, 3.8) is 0 Å². The molecule has 6 nitrogen and oxygen atoms in total. The number of thiophene rings is 1. The topological polar surface area (TPSA) is 93.4 Å². The molecular weight excluding hydrogens is 338 g/mol. The lowest BCUT2D eigenvalue weighted by Gasteiger charge is -2.45. The summed E-state index contributed by atoms with van der Waals surface area (Å²) >= 11 is 1.49. The van der Waals surface area contributed by atoms with Crippen LogP contribution in [0.15, 0.2) is 18.2 Å². The molecule has 4 N–H and O–H groups in total. The summed E-state index contributed by atoms with van der Waals surface area (Å²) in [5.41, 5.74) is 7.84. The fraction of sp³-hybridized carbons (Fsp3) is 0.444. The minimum absolute atomic E-state index is 0.0154. The predicted octanol–water partition coefficient (Wildman–Crippen LogP) is 1.03. The zero-order chi connectivity index (χ0) is 17.1. The molecule has 1 aromatic carbocycles. The maximum absolute atomic E-state index is 12.7. The van der Waals surface area contributed by atoms with Crippen LogP contribution in [0.1, 0.15) is 32.0 Å². The van der Waals surface area contributed by atoms with Crippen molar-refractivity contribution in [3.8, 4) is 0 Å². The lowest BCUT2D eigenvalue weighted by Crippen LogP contribution is -2.68. The fourth-order valence-corrected chi connectivity index (χ4v) is 5.41. The van der Waals surface area contributed by atoms with E-state index in [4.69, 9.17) is 10.5 Å². The number of nitrogens with two attached hydrogens (primary N) is 1. The molecule has 1 saturated heterocycles. The van der Waals surface area contributed by atoms with E-state index < -0.39 is 0 Å². The van der Waals surface area contributed by atoms with Crippen LogP contribution in [0.25, 0.3) is 10.1 Å². The Kier molecular flexibility index (Phi) is 3.38. The van der Waals surface area contributed by atoms with E-state index in [0.29, 0.717) is 18.0 Å². The lowest BCUT2D eigenvalue weighted by molar-refractivity contribution is -0.0161. The van der Waals surface area contributed by atoms with Crippen molar-refractivity contribution in [2.75, 3.05) is 13.2 Å². The van der Waals surface area contributed by atoms with E-state index >= 15 is 0 Å². The fourth-order valence-electron chi connectivity index (χ4n) is 4.27. The molecule has 3 aliphatic rings. The summed E-state index contributed by atoms with van der Waals surface area (Å²) in [4.78, 5) is 25.4. The van der Waals surface area contributed by atoms with E-state index in [-0.39, 0.29) is 30.0 Å². The van der Waals surface area contributed by atoms with Crippen LogP contribution in [-0.2, 0) is 11.2 Å². The van der Waals surface area contributed by atoms with Gasteiger partial charge in [0, 0.05) is 35.4 Å². The molecule has 25 heavy (non-hydrogen) atoms. The quantitative estimate of drug-likeness (QED) is 0.748. The average molecular weight is 357 g/mol. The largest absolute Gasteiger partial charge is 0.376 e. The summed E-state index contributed by atoms with van der Waals surface area (Å²) in [6.45, 7) is 1.37. The van der Waals surface area contributed by atoms with Gasteiger partial charge in [0.15, 0.2) is 0 Å². The zero-order valence-electron chi connectivity index (χ0n) is 13.6. The van der Waals surface area contributed by atoms with Gasteiger partial charge < -0.3 is 21.1 Å². The van der Waals surface area contributed by atoms with Gasteiger partial charge in [-0.05, 0) is 42.0 Å². The van der Waals surface area contributed by atoms with Crippen LogP contribution >= 0.6 is 11.3 Å². The van der Waals surface area contributed by atoms with Gasteiger partial charge in [-0.1, -0.05) is 0 Å². The maximum atomic E-state index is 12.7. The minimum Gasteiger partial charge on any atom is -0.376 e. The molecule has 3 heterocycles. The van der Waals surface area contributed by atoms with E-state index in [1.165, 1.54) is 11.3 Å². The third kappa shape index (κ3) is 2.23. The summed E-state index contributed by atoms with van der Waals surface area (Å²) in [5, 5.41) is 6.91. The van der Waals surface area contributed by atoms with Crippen LogP contribution < -0.4 is 16.4 Å². The molecule has 5 rings (SSSR count). The highest BCUT2D eigenvalue weighted by molar-refractivity contribution is 7.21. The van der Waals surface area contributed by atoms with Gasteiger partial charge in [0.1, 0.15) is 0 Å². The number of amides is 2. The smallest absolute Gasteiger partial charge is 0.261 e. The van der Waals surface area contributed by atoms with Gasteiger partial charge in [-0.3, -0.25) is 9.59 Å². The summed E-state index contributed by atoms with van der Waals surface area (Å²) < 4.78 is 6.72. The Labute approximate surface area is 148 Å². The molecule has 130 valence electrons. The number of carbonyl (C=O) groups is 2. The Bertz CT molecular complexity index is 893. The Morgan fingerprint density at radius 2 is 2.28 bits per heavy atom. The normalized spacial score (nSPS) is 30.4. The van der Waals surface area contributed by atoms with Crippen LogP contribution in [0.5, 0.6) is 0 Å². The monoisotopic (exact) mass is 357 g/mol. The molecule has 0 unspecified atom stereocenters. The first-order valence-corrected chi connectivity index (χ1v) is 9.47. The van der Waals surface area contributed by atoms with E-state index in [0.717, 1.165) is 40.0 Å². The Morgan fingerprint density at radius 1 is 1.40 bits per heavy atom. The number of hydrogen-bond acceptors (Lipinski definition) is 5. The van der Waals surface area contributed by atoms with Crippen molar-refractivity contribution < 1.29 is 14.3 Å². The third-order valence-electron chi connectivity index (χ3n) is 5.66. The van der Waals surface area contributed by atoms with Gasteiger partial charge in [0.2, 0.25) is 0 Å². The van der Waals surface area contributed by atoms with Gasteiger partial charge in [-0.2, -0.15) is 0 Å². The van der Waals surface area contributed by atoms with Crippen LogP contribution in [0.3, 0.4) is 0 Å². The molecule has 1 aromatic heterocycles. The number of hydrogen-bond donors (Lipinski definition) is 3. The summed E-state index contributed by atoms with van der Waals surface area (Å²) in [6.07, 6.45) is 1.84. The second-order valence-corrected chi connectivity index (χ2v) is 8.04. The zero-order valence-corrected chi connectivity index (χ0v) is 14.4. The van der Waals surface area contributed by atoms with Crippen LogP contribution in [-0.4, -0.2) is 43.2 Å². The molecule has 0 bridgehead atoms. The van der Waals surface area contributed by atoms with E-state index in [1.54, 1.807) is 0 Å². The highest BCUT2D eigenvalue weighted by Gasteiger charge is 2.52. The highest BCUT2D eigenvalue weighted by Crippen LogP contribution is 2.38. The van der Waals surface area contributed by atoms with Crippen LogP contribution in [0, 0.1) is 5.92 Å². The molecule has 1 aliphatic carbocycles. The predicted molar refractivity (Wildman–Crippen MR) is 94.9 cm³/mol. The second-order valence-electron chi connectivity index (χ2n) is 6.99. The molecule has 4 atom stereocenters. The van der Waals surface area contributed by atoms with Crippen molar-refractivity contribution in [1.82, 2.24) is 10.6 Å². The molecular formula is C18H19N3O3S. The first kappa shape index (κ1) is 15.3. The number of ether oxygens (including phenoxy) is 1. The molecule has 2 aliphatic heterocycles. The van der Waals surface area contributed by atoms with Crippen LogP contribution in [0.4, 0.5) is 0 Å². The number of carbonyl (C=O) groups excluding carboxylic acids is 2. The molecule has 2 aromatic rings. The second kappa shape index (κ2) is 5.52. The molecule has 7 heteroatoms. The number of benzene rings is 1. The summed E-state index contributed by atoms with van der Waals surface area (Å²) in [5.74, 6) is 0.227. The minimum atomic E-state index is -0.128. The summed E-state index contributed by atoms with van der Waals surface area (Å²) in [7, 11) is 0. The standard InChI is InChI=1S/C18H19N3O3S/c19-13-10-4-6-24-15(10)14(13)21-17(22)8-1-2-12-11(7-8)9-3-5-20-18(23)16(9)25-12/h1-2,7,10,13-15H,3-6,19H2,(H,20,23)(H,21,22)/t10-,13+,14-,15-/m1/s1. The van der Waals surface area contributed by atoms with E-state index in [9.17, 15) is 9.59 Å². The first-order chi connectivity index (χ1) is 12.1. The lowest BCUT2D eigenvalue weighted by atomic mass is 9.72. The summed E-state index contributed by atoms with van der Waals surface area (Å²) in [6, 6.07) is 5.50. The molecule has 2 amide bonds. The molecule has 0 radical (unpaired) electrons. The van der Waals surface area contributed by atoms with Gasteiger partial charge in [-0.25, -0.2) is 0 Å². The highest BCUT2D eigenvalue weighted by atomic mass is 32.1. The van der Waals surface area contributed by atoms with Gasteiger partial charge in [0.05, 0.1) is 17.0 Å². The van der Waals surface area contributed by atoms with Crippen molar-refractivity contribution in [1.29, 1.82) is 0 Å². The van der Waals surface area contributed by atoms with Gasteiger partial charge in [0.25, 0.3) is 11.8 Å². The van der Waals surface area contributed by atoms with Crippen molar-refractivity contribution in [2.24, 2.45) is 11.7 Å². The molecule has 0 spiro atoms. The Morgan fingerprint density at radius 3 is 3.16 bits per heavy atom. The Hall–Kier alpha value is -1.96. The van der Waals surface area contributed by atoms with Gasteiger partial charge >= 0.3 is 0 Å². The van der Waals surface area contributed by atoms with E-state index in [1.807, 2.05) is 18.2 Å². The van der Waals surface area contributed by atoms with E-state index in [2.05, 4.69) is 10.6 Å². The first-order valence-electron chi connectivity index (χ1n) is 8.65. The number of fused-ring (bicyclic) bond motifs is 4. The van der Waals surface area contributed by atoms with Crippen LogP contribution in [0.2, 0.25) is 0 Å². The molecule has 1 saturated carbocycles. The maximum Gasteiger partial charge on any atom is 0.261 e. The SMILES string of the molecule is N[C@H]1[C@H]2CCO[C@H]2[C@@H]1NC(=O)c1ccc2sc3c(c2c1)CCNC3=O. The average Bonchev–Trinajstić information content (AvgIpc) is 3.21.